The van der Waals surface area contributed by atoms with Gasteiger partial charge in [-0.15, -0.1) is 0 Å². The summed E-state index contributed by atoms with van der Waals surface area (Å²) in [5.41, 5.74) is 5.76. The molecule has 0 atom stereocenters. The van der Waals surface area contributed by atoms with Crippen LogP contribution in [0.25, 0.3) is 22.3 Å². The number of carbonyl (C=O) groups is 2. The Morgan fingerprint density at radius 2 is 1.77 bits per heavy atom. The quantitative estimate of drug-likeness (QED) is 0.238. The molecule has 2 aromatic heterocycles. The summed E-state index contributed by atoms with van der Waals surface area (Å²) in [6.07, 6.45) is 4.48. The molecule has 1 saturated carbocycles. The molecule has 9 nitrogen and oxygen atoms in total. The number of rotatable bonds is 6. The van der Waals surface area contributed by atoms with Crippen LogP contribution >= 0.6 is 0 Å². The zero-order valence-electron chi connectivity index (χ0n) is 22.0. The van der Waals surface area contributed by atoms with Crippen LogP contribution in [0, 0.1) is 6.92 Å². The number of benzene rings is 3. The van der Waals surface area contributed by atoms with Gasteiger partial charge in [-0.25, -0.2) is 9.78 Å². The van der Waals surface area contributed by atoms with Gasteiger partial charge in [0.05, 0.1) is 28.6 Å². The smallest absolute Gasteiger partial charge is 0.342 e. The third-order valence-corrected chi connectivity index (χ3v) is 7.36. The molecule has 0 unspecified atom stereocenters. The number of fused-ring (bicyclic) bond motifs is 1. The second-order valence-electron chi connectivity index (χ2n) is 10.0. The SMILES string of the molecule is Cc1ccccc1CNC(=O)n1nc(-c2cc(NC(=O)c3cnc4ccccc4n3)ccc2O)cc1C1CCC1. The number of carbonyl (C=O) groups excluding carboxylic acids is 2. The molecule has 0 saturated heterocycles. The maximum Gasteiger partial charge on any atom is 0.342 e. The number of hydrogen-bond acceptors (Lipinski definition) is 6. The fraction of sp³-hybridized carbons (Fsp3) is 0.194. The van der Waals surface area contributed by atoms with Crippen LogP contribution in [0.2, 0.25) is 0 Å². The summed E-state index contributed by atoms with van der Waals surface area (Å²) in [7, 11) is 0. The maximum atomic E-state index is 13.2. The molecular weight excluding hydrogens is 504 g/mol. The van der Waals surface area contributed by atoms with Crippen molar-refractivity contribution in [2.45, 2.75) is 38.6 Å². The lowest BCUT2D eigenvalue weighted by molar-refractivity contribution is 0.102. The number of amides is 2. The van der Waals surface area contributed by atoms with Crippen molar-refractivity contribution in [2.24, 2.45) is 0 Å². The van der Waals surface area contributed by atoms with E-state index >= 15 is 0 Å². The Hall–Kier alpha value is -5.05. The Labute approximate surface area is 230 Å². The average Bonchev–Trinajstić information content (AvgIpc) is 3.36. The second-order valence-corrected chi connectivity index (χ2v) is 10.0. The highest BCUT2D eigenvalue weighted by atomic mass is 16.3. The van der Waals surface area contributed by atoms with Gasteiger partial charge in [0.25, 0.3) is 5.91 Å². The van der Waals surface area contributed by atoms with Gasteiger partial charge < -0.3 is 15.7 Å². The number of nitrogens with zero attached hydrogens (tertiary/aromatic N) is 4. The molecule has 0 radical (unpaired) electrons. The first kappa shape index (κ1) is 25.2. The van der Waals surface area contributed by atoms with Gasteiger partial charge in [0.15, 0.2) is 0 Å². The normalized spacial score (nSPS) is 13.1. The molecule has 0 spiro atoms. The minimum Gasteiger partial charge on any atom is -0.507 e. The van der Waals surface area contributed by atoms with Gasteiger partial charge in [-0.1, -0.05) is 42.8 Å². The van der Waals surface area contributed by atoms with E-state index in [0.29, 0.717) is 34.5 Å². The summed E-state index contributed by atoms with van der Waals surface area (Å²) in [4.78, 5) is 34.9. The molecule has 5 aromatic rings. The van der Waals surface area contributed by atoms with E-state index < -0.39 is 5.91 Å². The minimum absolute atomic E-state index is 0.00590. The van der Waals surface area contributed by atoms with Crippen LogP contribution in [0.3, 0.4) is 0 Å². The van der Waals surface area contributed by atoms with E-state index in [4.69, 9.17) is 0 Å². The standard InChI is InChI=1S/C31H28N6O3/c1-19-7-2-3-8-21(19)17-33-31(40)37-28(20-9-6-10-20)16-26(36-37)23-15-22(13-14-29(23)38)34-30(39)27-18-32-24-11-4-5-12-25(24)35-27/h2-5,7-8,11-16,18,20,38H,6,9-10,17H2,1H3,(H,33,40)(H,34,39). The fourth-order valence-electron chi connectivity index (χ4n) is 4.82. The molecule has 1 fully saturated rings. The van der Waals surface area contributed by atoms with E-state index in [1.165, 1.54) is 16.9 Å². The number of phenolic OH excluding ortho intramolecular Hbond substituents is 1. The van der Waals surface area contributed by atoms with Gasteiger partial charge in [0, 0.05) is 23.7 Å². The van der Waals surface area contributed by atoms with Crippen molar-refractivity contribution >= 4 is 28.7 Å². The van der Waals surface area contributed by atoms with Crippen molar-refractivity contribution in [3.8, 4) is 17.0 Å². The van der Waals surface area contributed by atoms with E-state index in [1.54, 1.807) is 18.2 Å². The zero-order chi connectivity index (χ0) is 27.6. The van der Waals surface area contributed by atoms with Crippen molar-refractivity contribution in [2.75, 3.05) is 5.32 Å². The molecule has 6 rings (SSSR count). The van der Waals surface area contributed by atoms with Gasteiger partial charge in [-0.3, -0.25) is 9.78 Å². The van der Waals surface area contributed by atoms with Crippen molar-refractivity contribution in [3.63, 3.8) is 0 Å². The monoisotopic (exact) mass is 532 g/mol. The van der Waals surface area contributed by atoms with E-state index in [2.05, 4.69) is 25.7 Å². The lowest BCUT2D eigenvalue weighted by atomic mass is 9.82. The van der Waals surface area contributed by atoms with Crippen LogP contribution in [0.1, 0.15) is 52.5 Å². The van der Waals surface area contributed by atoms with E-state index in [1.807, 2.05) is 55.5 Å². The Bertz CT molecular complexity index is 1740. The molecule has 200 valence electrons. The predicted molar refractivity (Wildman–Crippen MR) is 152 cm³/mol. The van der Waals surface area contributed by atoms with Crippen LogP contribution < -0.4 is 10.6 Å². The third-order valence-electron chi connectivity index (χ3n) is 7.36. The number of para-hydroxylation sites is 2. The summed E-state index contributed by atoms with van der Waals surface area (Å²) in [5.74, 6) is -0.207. The molecule has 1 aliphatic rings. The molecular formula is C31H28N6O3. The summed E-state index contributed by atoms with van der Waals surface area (Å²) in [5, 5.41) is 21.1. The Morgan fingerprint density at radius 3 is 2.55 bits per heavy atom. The van der Waals surface area contributed by atoms with Gasteiger partial charge in [0.1, 0.15) is 11.4 Å². The molecule has 0 bridgehead atoms. The molecule has 9 heteroatoms. The average molecular weight is 533 g/mol. The van der Waals surface area contributed by atoms with Crippen molar-refractivity contribution in [3.05, 3.63) is 102 Å². The predicted octanol–water partition coefficient (Wildman–Crippen LogP) is 5.79. The number of hydrogen-bond donors (Lipinski definition) is 3. The van der Waals surface area contributed by atoms with Crippen molar-refractivity contribution in [1.82, 2.24) is 25.1 Å². The maximum absolute atomic E-state index is 13.2. The summed E-state index contributed by atoms with van der Waals surface area (Å²) < 4.78 is 1.41. The largest absolute Gasteiger partial charge is 0.507 e. The Kier molecular flexibility index (Phi) is 6.69. The second kappa shape index (κ2) is 10.6. The molecule has 2 amide bonds. The lowest BCUT2D eigenvalue weighted by Crippen LogP contribution is -2.31. The summed E-state index contributed by atoms with van der Waals surface area (Å²) in [6, 6.07) is 21.5. The number of anilines is 1. The van der Waals surface area contributed by atoms with Gasteiger partial charge >= 0.3 is 6.03 Å². The van der Waals surface area contributed by atoms with E-state index in [0.717, 1.165) is 36.1 Å². The minimum atomic E-state index is -0.425. The molecule has 40 heavy (non-hydrogen) atoms. The number of phenols is 1. The molecule has 2 heterocycles. The third kappa shape index (κ3) is 5.01. The molecule has 3 N–H and O–H groups in total. The highest BCUT2D eigenvalue weighted by Gasteiger charge is 2.28. The van der Waals surface area contributed by atoms with Crippen LogP contribution in [-0.2, 0) is 6.54 Å². The number of aromatic hydroxyl groups is 1. The fourth-order valence-corrected chi connectivity index (χ4v) is 4.82. The summed E-state index contributed by atoms with van der Waals surface area (Å²) >= 11 is 0. The van der Waals surface area contributed by atoms with E-state index in [9.17, 15) is 14.7 Å². The van der Waals surface area contributed by atoms with Crippen LogP contribution in [0.15, 0.2) is 79.0 Å². The van der Waals surface area contributed by atoms with Crippen LogP contribution in [0.5, 0.6) is 5.75 Å². The number of nitrogens with one attached hydrogen (secondary N) is 2. The van der Waals surface area contributed by atoms with Gasteiger partial charge in [-0.05, 0) is 67.3 Å². The van der Waals surface area contributed by atoms with Crippen molar-refractivity contribution in [1.29, 1.82) is 0 Å². The van der Waals surface area contributed by atoms with Crippen molar-refractivity contribution < 1.29 is 14.7 Å². The van der Waals surface area contributed by atoms with Gasteiger partial charge in [-0.2, -0.15) is 9.78 Å². The van der Waals surface area contributed by atoms with Gasteiger partial charge in [0.2, 0.25) is 0 Å². The van der Waals surface area contributed by atoms with E-state index in [-0.39, 0.29) is 23.4 Å². The first-order valence-corrected chi connectivity index (χ1v) is 13.3. The molecule has 1 aliphatic carbocycles. The first-order valence-electron chi connectivity index (χ1n) is 13.3. The summed E-state index contributed by atoms with van der Waals surface area (Å²) in [6.45, 7) is 2.39. The topological polar surface area (TPSA) is 122 Å². The highest BCUT2D eigenvalue weighted by Crippen LogP contribution is 2.39. The molecule has 3 aromatic carbocycles. The number of aromatic nitrogens is 4. The Morgan fingerprint density at radius 1 is 1.00 bits per heavy atom. The zero-order valence-corrected chi connectivity index (χ0v) is 22.0. The number of aryl methyl sites for hydroxylation is 1. The Balaban J connectivity index is 1.26. The highest BCUT2D eigenvalue weighted by molar-refractivity contribution is 6.04. The van der Waals surface area contributed by atoms with Crippen LogP contribution in [0.4, 0.5) is 10.5 Å². The lowest BCUT2D eigenvalue weighted by Gasteiger charge is -2.25. The first-order chi connectivity index (χ1) is 19.5. The van der Waals surface area contributed by atoms with Crippen LogP contribution in [-0.4, -0.2) is 36.8 Å². The molecule has 0 aliphatic heterocycles.